The third kappa shape index (κ3) is 4.10. The molecule has 1 heterocycles. The lowest BCUT2D eigenvalue weighted by Crippen LogP contribution is -2.24. The molecule has 1 aromatic rings. The van der Waals surface area contributed by atoms with E-state index >= 15 is 0 Å². The van der Waals surface area contributed by atoms with E-state index in [1.54, 1.807) is 7.11 Å². The van der Waals surface area contributed by atoms with Crippen LogP contribution in [0.1, 0.15) is 18.9 Å². The maximum absolute atomic E-state index is 6.12. The van der Waals surface area contributed by atoms with Crippen LogP contribution in [0.3, 0.4) is 0 Å². The van der Waals surface area contributed by atoms with Crippen molar-refractivity contribution in [1.82, 2.24) is 5.32 Å². The van der Waals surface area contributed by atoms with E-state index in [9.17, 15) is 0 Å². The summed E-state index contributed by atoms with van der Waals surface area (Å²) in [6.45, 7) is 7.03. The van der Waals surface area contributed by atoms with Gasteiger partial charge in [0.15, 0.2) is 0 Å². The minimum absolute atomic E-state index is 0.733. The smallest absolute Gasteiger partial charge is 0.0587 e. The van der Waals surface area contributed by atoms with E-state index in [4.69, 9.17) is 16.3 Å². The second-order valence-electron chi connectivity index (χ2n) is 5.28. The first-order valence-electron chi connectivity index (χ1n) is 6.93. The van der Waals surface area contributed by atoms with Gasteiger partial charge in [-0.1, -0.05) is 18.5 Å². The maximum atomic E-state index is 6.12. The molecule has 0 aliphatic carbocycles. The maximum Gasteiger partial charge on any atom is 0.0587 e. The van der Waals surface area contributed by atoms with E-state index in [-0.39, 0.29) is 0 Å². The summed E-state index contributed by atoms with van der Waals surface area (Å²) in [6, 6.07) is 6.20. The van der Waals surface area contributed by atoms with E-state index < -0.39 is 0 Å². The van der Waals surface area contributed by atoms with Gasteiger partial charge in [0.05, 0.1) is 6.61 Å². The second-order valence-corrected chi connectivity index (χ2v) is 5.72. The number of hydrogen-bond acceptors (Lipinski definition) is 3. The molecule has 4 heteroatoms. The molecule has 1 fully saturated rings. The fraction of sp³-hybridized carbons (Fsp3) is 0.600. The first-order valence-corrected chi connectivity index (χ1v) is 7.31. The van der Waals surface area contributed by atoms with Crippen molar-refractivity contribution >= 4 is 17.3 Å². The molecular formula is C15H23ClN2O. The van der Waals surface area contributed by atoms with Crippen LogP contribution in [0.2, 0.25) is 5.02 Å². The van der Waals surface area contributed by atoms with E-state index in [1.165, 1.54) is 17.7 Å². The molecule has 1 N–H and O–H groups in total. The van der Waals surface area contributed by atoms with Crippen LogP contribution >= 0.6 is 11.6 Å². The topological polar surface area (TPSA) is 24.5 Å². The Balaban J connectivity index is 2.04. The van der Waals surface area contributed by atoms with Gasteiger partial charge in [-0.25, -0.2) is 0 Å². The Kier molecular flexibility index (Phi) is 5.49. The molecule has 19 heavy (non-hydrogen) atoms. The van der Waals surface area contributed by atoms with Crippen molar-refractivity contribution < 1.29 is 4.74 Å². The molecule has 1 aliphatic heterocycles. The van der Waals surface area contributed by atoms with Crippen molar-refractivity contribution in [2.24, 2.45) is 5.92 Å². The highest BCUT2D eigenvalue weighted by molar-refractivity contribution is 6.30. The lowest BCUT2D eigenvalue weighted by molar-refractivity contribution is 0.199. The molecule has 3 nitrogen and oxygen atoms in total. The van der Waals surface area contributed by atoms with Crippen molar-refractivity contribution in [2.45, 2.75) is 19.9 Å². The molecule has 0 saturated carbocycles. The fourth-order valence-electron chi connectivity index (χ4n) is 2.56. The van der Waals surface area contributed by atoms with Crippen molar-refractivity contribution in [2.75, 3.05) is 38.3 Å². The molecule has 1 aliphatic rings. The zero-order valence-corrected chi connectivity index (χ0v) is 12.5. The molecule has 0 radical (unpaired) electrons. The summed E-state index contributed by atoms with van der Waals surface area (Å²) in [6.07, 6.45) is 1.28. The van der Waals surface area contributed by atoms with Gasteiger partial charge in [0.1, 0.15) is 0 Å². The van der Waals surface area contributed by atoms with Crippen LogP contribution in [0.25, 0.3) is 0 Å². The standard InChI is InChI=1S/C15H23ClN2O/c1-12-5-7-18(11-12)15-4-3-14(16)9-13(15)10-17-6-8-19-2/h3-4,9,12,17H,5-8,10-11H2,1-2H3. The Morgan fingerprint density at radius 1 is 1.47 bits per heavy atom. The number of hydrogen-bond donors (Lipinski definition) is 1. The molecular weight excluding hydrogens is 260 g/mol. The predicted molar refractivity (Wildman–Crippen MR) is 81.0 cm³/mol. The van der Waals surface area contributed by atoms with E-state index in [1.807, 2.05) is 6.07 Å². The van der Waals surface area contributed by atoms with Crippen molar-refractivity contribution in [3.05, 3.63) is 28.8 Å². The largest absolute Gasteiger partial charge is 0.383 e. The number of nitrogens with zero attached hydrogens (tertiary/aromatic N) is 1. The SMILES string of the molecule is COCCNCc1cc(Cl)ccc1N1CCC(C)C1. The normalized spacial score (nSPS) is 19.1. The number of halogens is 1. The molecule has 106 valence electrons. The first-order chi connectivity index (χ1) is 9.20. The summed E-state index contributed by atoms with van der Waals surface area (Å²) in [5.74, 6) is 0.782. The summed E-state index contributed by atoms with van der Waals surface area (Å²) >= 11 is 6.12. The van der Waals surface area contributed by atoms with Gasteiger partial charge in [0.25, 0.3) is 0 Å². The van der Waals surface area contributed by atoms with Crippen LogP contribution in [0, 0.1) is 5.92 Å². The Morgan fingerprint density at radius 3 is 3.00 bits per heavy atom. The third-order valence-corrected chi connectivity index (χ3v) is 3.84. The van der Waals surface area contributed by atoms with Crippen LogP contribution in [-0.4, -0.2) is 33.4 Å². The van der Waals surface area contributed by atoms with Crippen molar-refractivity contribution in [3.8, 4) is 0 Å². The Morgan fingerprint density at radius 2 is 2.32 bits per heavy atom. The van der Waals surface area contributed by atoms with Crippen LogP contribution in [0.4, 0.5) is 5.69 Å². The van der Waals surface area contributed by atoms with Crippen molar-refractivity contribution in [3.63, 3.8) is 0 Å². The van der Waals surface area contributed by atoms with Gasteiger partial charge in [-0.2, -0.15) is 0 Å². The molecule has 1 aromatic carbocycles. The lowest BCUT2D eigenvalue weighted by Gasteiger charge is -2.22. The Hall–Kier alpha value is -0.770. The molecule has 2 rings (SSSR count). The summed E-state index contributed by atoms with van der Waals surface area (Å²) in [5.41, 5.74) is 2.59. The first kappa shape index (κ1) is 14.6. The minimum atomic E-state index is 0.733. The number of rotatable bonds is 6. The quantitative estimate of drug-likeness (QED) is 0.812. The predicted octanol–water partition coefficient (Wildman–Crippen LogP) is 2.92. The number of nitrogens with one attached hydrogen (secondary N) is 1. The number of anilines is 1. The zero-order valence-electron chi connectivity index (χ0n) is 11.8. The summed E-state index contributed by atoms with van der Waals surface area (Å²) in [7, 11) is 1.72. The second kappa shape index (κ2) is 7.13. The zero-order chi connectivity index (χ0) is 13.7. The van der Waals surface area contributed by atoms with Crippen LogP contribution in [-0.2, 0) is 11.3 Å². The van der Waals surface area contributed by atoms with Crippen LogP contribution in [0.15, 0.2) is 18.2 Å². The molecule has 1 atom stereocenters. The van der Waals surface area contributed by atoms with E-state index in [2.05, 4.69) is 29.3 Å². The van der Waals surface area contributed by atoms with E-state index in [0.717, 1.165) is 43.7 Å². The van der Waals surface area contributed by atoms with Gasteiger partial charge in [0.2, 0.25) is 0 Å². The highest BCUT2D eigenvalue weighted by atomic mass is 35.5. The summed E-state index contributed by atoms with van der Waals surface area (Å²) in [5, 5.41) is 4.20. The Bertz CT molecular complexity index is 411. The summed E-state index contributed by atoms with van der Waals surface area (Å²) in [4.78, 5) is 2.47. The van der Waals surface area contributed by atoms with Crippen LogP contribution in [0.5, 0.6) is 0 Å². The number of ether oxygens (including phenoxy) is 1. The van der Waals surface area contributed by atoms with E-state index in [0.29, 0.717) is 0 Å². The summed E-state index contributed by atoms with van der Waals surface area (Å²) < 4.78 is 5.05. The van der Waals surface area contributed by atoms with Crippen LogP contribution < -0.4 is 10.2 Å². The minimum Gasteiger partial charge on any atom is -0.383 e. The third-order valence-electron chi connectivity index (χ3n) is 3.60. The fourth-order valence-corrected chi connectivity index (χ4v) is 2.75. The number of methoxy groups -OCH3 is 1. The van der Waals surface area contributed by atoms with Gasteiger partial charge in [-0.3, -0.25) is 0 Å². The van der Waals surface area contributed by atoms with Gasteiger partial charge < -0.3 is 15.0 Å². The molecule has 0 spiro atoms. The molecule has 1 unspecified atom stereocenters. The molecule has 0 bridgehead atoms. The highest BCUT2D eigenvalue weighted by Crippen LogP contribution is 2.29. The van der Waals surface area contributed by atoms with Gasteiger partial charge in [-0.15, -0.1) is 0 Å². The average Bonchev–Trinajstić information content (AvgIpc) is 2.81. The lowest BCUT2D eigenvalue weighted by atomic mass is 10.1. The van der Waals surface area contributed by atoms with Gasteiger partial charge in [0, 0.05) is 44.0 Å². The van der Waals surface area contributed by atoms with Crippen molar-refractivity contribution in [1.29, 1.82) is 0 Å². The Labute approximate surface area is 120 Å². The number of benzene rings is 1. The van der Waals surface area contributed by atoms with Gasteiger partial charge in [-0.05, 0) is 36.1 Å². The molecule has 0 amide bonds. The molecule has 0 aromatic heterocycles. The average molecular weight is 283 g/mol. The highest BCUT2D eigenvalue weighted by Gasteiger charge is 2.20. The van der Waals surface area contributed by atoms with Gasteiger partial charge >= 0.3 is 0 Å². The monoisotopic (exact) mass is 282 g/mol. The molecule has 1 saturated heterocycles.